The standard InChI is InChI=1S/C29H38N2O2S/c1-5-7-14-26-30-29(17-10-11-18-29)27(32)31(26)20-21-15-16-22(23-12-8-9-13-25(23)34)24(19-21)28(3,4)33-6-2/h8-9,12-13,15-16,19,34H,5-7,10-11,14,17-18,20H2,1-4H3. The molecule has 1 heterocycles. The Kier molecular flexibility index (Phi) is 7.54. The molecule has 2 aliphatic rings. The minimum Gasteiger partial charge on any atom is -0.371 e. The summed E-state index contributed by atoms with van der Waals surface area (Å²) in [5, 5.41) is 0. The molecule has 1 aliphatic carbocycles. The highest BCUT2D eigenvalue weighted by Gasteiger charge is 2.49. The average Bonchev–Trinajstić information content (AvgIpc) is 3.39. The van der Waals surface area contributed by atoms with E-state index in [0.29, 0.717) is 13.2 Å². The van der Waals surface area contributed by atoms with Gasteiger partial charge in [-0.25, -0.2) is 0 Å². The van der Waals surface area contributed by atoms with Crippen LogP contribution in [0.1, 0.15) is 83.8 Å². The van der Waals surface area contributed by atoms with E-state index in [1.165, 1.54) is 0 Å². The monoisotopic (exact) mass is 478 g/mol. The van der Waals surface area contributed by atoms with Gasteiger partial charge in [0.05, 0.1) is 12.1 Å². The van der Waals surface area contributed by atoms with Crippen LogP contribution in [0.5, 0.6) is 0 Å². The highest BCUT2D eigenvalue weighted by atomic mass is 32.1. The molecule has 1 saturated carbocycles. The zero-order valence-electron chi connectivity index (χ0n) is 21.1. The molecule has 2 aromatic carbocycles. The lowest BCUT2D eigenvalue weighted by atomic mass is 9.87. The van der Waals surface area contributed by atoms with Crippen molar-refractivity contribution in [1.82, 2.24) is 4.90 Å². The van der Waals surface area contributed by atoms with E-state index in [1.807, 2.05) is 30.0 Å². The predicted molar refractivity (Wildman–Crippen MR) is 142 cm³/mol. The van der Waals surface area contributed by atoms with Crippen molar-refractivity contribution < 1.29 is 9.53 Å². The number of hydrogen-bond donors (Lipinski definition) is 1. The molecule has 0 atom stereocenters. The summed E-state index contributed by atoms with van der Waals surface area (Å²) in [5.41, 5.74) is 3.46. The Morgan fingerprint density at radius 1 is 1.09 bits per heavy atom. The average molecular weight is 479 g/mol. The summed E-state index contributed by atoms with van der Waals surface area (Å²) >= 11 is 4.72. The van der Waals surface area contributed by atoms with Crippen LogP contribution in [0.2, 0.25) is 0 Å². The van der Waals surface area contributed by atoms with Gasteiger partial charge in [-0.2, -0.15) is 0 Å². The van der Waals surface area contributed by atoms with E-state index in [4.69, 9.17) is 22.4 Å². The third-order valence-electron chi connectivity index (χ3n) is 7.26. The Balaban J connectivity index is 1.71. The third kappa shape index (κ3) is 4.83. The summed E-state index contributed by atoms with van der Waals surface area (Å²) < 4.78 is 6.18. The van der Waals surface area contributed by atoms with Gasteiger partial charge in [0, 0.05) is 17.9 Å². The van der Waals surface area contributed by atoms with Gasteiger partial charge in [-0.3, -0.25) is 14.7 Å². The molecular weight excluding hydrogens is 440 g/mol. The van der Waals surface area contributed by atoms with Crippen LogP contribution in [0.3, 0.4) is 0 Å². The number of benzene rings is 2. The van der Waals surface area contributed by atoms with E-state index in [9.17, 15) is 4.79 Å². The van der Waals surface area contributed by atoms with Crippen LogP contribution >= 0.6 is 12.6 Å². The first kappa shape index (κ1) is 25.0. The molecule has 1 amide bonds. The van der Waals surface area contributed by atoms with Crippen LogP contribution in [0.25, 0.3) is 11.1 Å². The van der Waals surface area contributed by atoms with Gasteiger partial charge in [0.2, 0.25) is 0 Å². The van der Waals surface area contributed by atoms with Gasteiger partial charge in [0.15, 0.2) is 0 Å². The van der Waals surface area contributed by atoms with E-state index < -0.39 is 11.1 Å². The summed E-state index contributed by atoms with van der Waals surface area (Å²) in [6.45, 7) is 9.62. The summed E-state index contributed by atoms with van der Waals surface area (Å²) in [4.78, 5) is 21.6. The second-order valence-electron chi connectivity index (χ2n) is 10.1. The van der Waals surface area contributed by atoms with Crippen LogP contribution in [0.15, 0.2) is 52.4 Å². The zero-order valence-corrected chi connectivity index (χ0v) is 22.0. The van der Waals surface area contributed by atoms with Gasteiger partial charge in [-0.05, 0) is 68.4 Å². The summed E-state index contributed by atoms with van der Waals surface area (Å²) in [5.74, 6) is 1.18. The number of aliphatic imine (C=N–C) groups is 1. The highest BCUT2D eigenvalue weighted by molar-refractivity contribution is 7.80. The van der Waals surface area contributed by atoms with E-state index in [2.05, 4.69) is 45.0 Å². The molecular formula is C29H38N2O2S. The second kappa shape index (κ2) is 10.2. The van der Waals surface area contributed by atoms with E-state index in [1.54, 1.807) is 0 Å². The molecule has 1 fully saturated rings. The Bertz CT molecular complexity index is 1070. The van der Waals surface area contributed by atoms with Gasteiger partial charge in [0.25, 0.3) is 5.91 Å². The molecule has 182 valence electrons. The number of amidine groups is 1. The number of amides is 1. The number of ether oxygens (including phenoxy) is 1. The van der Waals surface area contributed by atoms with Crippen molar-refractivity contribution >= 4 is 24.4 Å². The Labute approximate surface area is 210 Å². The van der Waals surface area contributed by atoms with Crippen LogP contribution in [0.4, 0.5) is 0 Å². The maximum atomic E-state index is 13.6. The van der Waals surface area contributed by atoms with Crippen LogP contribution in [0, 0.1) is 0 Å². The van der Waals surface area contributed by atoms with Crippen molar-refractivity contribution in [3.8, 4) is 11.1 Å². The van der Waals surface area contributed by atoms with Crippen LogP contribution in [-0.2, 0) is 21.7 Å². The number of carbonyl (C=O) groups excluding carboxylic acids is 1. The summed E-state index contributed by atoms with van der Waals surface area (Å²) in [7, 11) is 0. The Morgan fingerprint density at radius 3 is 2.50 bits per heavy atom. The van der Waals surface area contributed by atoms with E-state index in [0.717, 1.165) is 77.9 Å². The highest BCUT2D eigenvalue weighted by Crippen LogP contribution is 2.41. The summed E-state index contributed by atoms with van der Waals surface area (Å²) in [6, 6.07) is 14.7. The van der Waals surface area contributed by atoms with Crippen LogP contribution in [-0.4, -0.2) is 28.8 Å². The number of rotatable bonds is 9. The number of unbranched alkanes of at least 4 members (excludes halogenated alkanes) is 1. The molecule has 1 aliphatic heterocycles. The molecule has 0 unspecified atom stereocenters. The van der Waals surface area contributed by atoms with Gasteiger partial charge < -0.3 is 4.74 Å². The molecule has 0 saturated heterocycles. The zero-order chi connectivity index (χ0) is 24.3. The predicted octanol–water partition coefficient (Wildman–Crippen LogP) is 7.16. The summed E-state index contributed by atoms with van der Waals surface area (Å²) in [6.07, 6.45) is 6.98. The second-order valence-corrected chi connectivity index (χ2v) is 10.6. The van der Waals surface area contributed by atoms with Crippen molar-refractivity contribution in [3.05, 3.63) is 53.6 Å². The SMILES string of the molecule is CCCCC1=NC2(CCCC2)C(=O)N1Cc1ccc(-c2ccccc2S)c(C(C)(C)OCC)c1. The fourth-order valence-electron chi connectivity index (χ4n) is 5.44. The van der Waals surface area contributed by atoms with Crippen molar-refractivity contribution in [2.45, 2.75) is 95.2 Å². The number of nitrogens with zero attached hydrogens (tertiary/aromatic N) is 2. The lowest BCUT2D eigenvalue weighted by Gasteiger charge is -2.30. The number of thiol groups is 1. The molecule has 34 heavy (non-hydrogen) atoms. The van der Waals surface area contributed by atoms with Crippen molar-refractivity contribution in [2.24, 2.45) is 4.99 Å². The maximum absolute atomic E-state index is 13.6. The molecule has 0 bridgehead atoms. The third-order valence-corrected chi connectivity index (χ3v) is 7.65. The van der Waals surface area contributed by atoms with Crippen molar-refractivity contribution in [2.75, 3.05) is 6.61 Å². The largest absolute Gasteiger partial charge is 0.371 e. The maximum Gasteiger partial charge on any atom is 0.256 e. The smallest absolute Gasteiger partial charge is 0.256 e. The first-order valence-corrected chi connectivity index (χ1v) is 13.2. The van der Waals surface area contributed by atoms with Crippen molar-refractivity contribution in [3.63, 3.8) is 0 Å². The molecule has 0 aromatic heterocycles. The van der Waals surface area contributed by atoms with E-state index >= 15 is 0 Å². The molecule has 2 aromatic rings. The minimum atomic E-state index is -0.499. The molecule has 1 spiro atoms. The van der Waals surface area contributed by atoms with E-state index in [-0.39, 0.29) is 5.91 Å². The molecule has 0 radical (unpaired) electrons. The quantitative estimate of drug-likeness (QED) is 0.389. The van der Waals surface area contributed by atoms with Gasteiger partial charge in [-0.15, -0.1) is 12.6 Å². The normalized spacial score (nSPS) is 17.6. The lowest BCUT2D eigenvalue weighted by molar-refractivity contribution is -0.131. The minimum absolute atomic E-state index is 0.200. The topological polar surface area (TPSA) is 41.9 Å². The molecule has 4 nitrogen and oxygen atoms in total. The first-order chi connectivity index (χ1) is 16.3. The number of carbonyl (C=O) groups is 1. The van der Waals surface area contributed by atoms with Gasteiger partial charge >= 0.3 is 0 Å². The molecule has 4 rings (SSSR count). The fourth-order valence-corrected chi connectivity index (χ4v) is 5.72. The molecule has 0 N–H and O–H groups in total. The lowest BCUT2D eigenvalue weighted by Crippen LogP contribution is -2.40. The van der Waals surface area contributed by atoms with Crippen molar-refractivity contribution in [1.29, 1.82) is 0 Å². The number of hydrogen-bond acceptors (Lipinski definition) is 4. The Morgan fingerprint density at radius 2 is 1.82 bits per heavy atom. The van der Waals surface area contributed by atoms with Gasteiger partial charge in [0.1, 0.15) is 11.4 Å². The Hall–Kier alpha value is -2.11. The fraction of sp³-hybridized carbons (Fsp3) is 0.517. The first-order valence-electron chi connectivity index (χ1n) is 12.8. The van der Waals surface area contributed by atoms with Crippen LogP contribution < -0.4 is 0 Å². The molecule has 5 heteroatoms. The van der Waals surface area contributed by atoms with Gasteiger partial charge in [-0.1, -0.05) is 62.6 Å².